The van der Waals surface area contributed by atoms with Crippen LogP contribution in [-0.2, 0) is 4.79 Å². The summed E-state index contributed by atoms with van der Waals surface area (Å²) in [5.74, 6) is 0.777. The minimum absolute atomic E-state index is 0.0759. The summed E-state index contributed by atoms with van der Waals surface area (Å²) in [6.45, 7) is 6.13. The van der Waals surface area contributed by atoms with Gasteiger partial charge in [0.2, 0.25) is 0 Å². The number of carbonyl (C=O) groups is 1. The monoisotopic (exact) mass is 386 g/mol. The molecular formula is C25H26N2O2. The van der Waals surface area contributed by atoms with Crippen molar-refractivity contribution in [3.05, 3.63) is 89.5 Å². The summed E-state index contributed by atoms with van der Waals surface area (Å²) in [7, 11) is 0. The van der Waals surface area contributed by atoms with Crippen LogP contribution in [0.25, 0.3) is 11.1 Å². The number of nitrogens with one attached hydrogen (secondary N) is 1. The summed E-state index contributed by atoms with van der Waals surface area (Å²) in [6, 6.07) is 24.2. The number of amides is 1. The van der Waals surface area contributed by atoms with Gasteiger partial charge in [0.1, 0.15) is 5.75 Å². The Labute approximate surface area is 172 Å². The summed E-state index contributed by atoms with van der Waals surface area (Å²) in [4.78, 5) is 12.1. The molecule has 0 bridgehead atoms. The van der Waals surface area contributed by atoms with E-state index in [0.717, 1.165) is 28.0 Å². The number of aryl methyl sites for hydroxylation is 1. The topological polar surface area (TPSA) is 50.7 Å². The van der Waals surface area contributed by atoms with Crippen LogP contribution in [0, 0.1) is 6.92 Å². The lowest BCUT2D eigenvalue weighted by atomic mass is 10.0. The maximum Gasteiger partial charge on any atom is 0.277 e. The first-order chi connectivity index (χ1) is 14.0. The second-order valence-electron chi connectivity index (χ2n) is 7.27. The number of benzene rings is 3. The largest absolute Gasteiger partial charge is 0.483 e. The zero-order valence-corrected chi connectivity index (χ0v) is 17.1. The molecule has 0 aromatic heterocycles. The molecule has 0 heterocycles. The lowest BCUT2D eigenvalue weighted by Gasteiger charge is -2.14. The summed E-state index contributed by atoms with van der Waals surface area (Å²) in [5, 5.41) is 4.03. The Kier molecular flexibility index (Phi) is 6.80. The van der Waals surface area contributed by atoms with E-state index >= 15 is 0 Å². The van der Waals surface area contributed by atoms with Gasteiger partial charge in [0, 0.05) is 0 Å². The Morgan fingerprint density at radius 1 is 1.00 bits per heavy atom. The van der Waals surface area contributed by atoms with Gasteiger partial charge in [0.25, 0.3) is 5.91 Å². The molecule has 0 spiro atoms. The summed E-state index contributed by atoms with van der Waals surface area (Å²) >= 11 is 0. The van der Waals surface area contributed by atoms with Crippen LogP contribution in [0.15, 0.2) is 77.9 Å². The van der Waals surface area contributed by atoms with Crippen LogP contribution >= 0.6 is 0 Å². The number of carbonyl (C=O) groups excluding carboxylic acids is 1. The van der Waals surface area contributed by atoms with Gasteiger partial charge in [0.05, 0.1) is 6.21 Å². The van der Waals surface area contributed by atoms with Crippen molar-refractivity contribution in [3.8, 4) is 16.9 Å². The summed E-state index contributed by atoms with van der Waals surface area (Å²) in [6.07, 6.45) is 1.62. The minimum Gasteiger partial charge on any atom is -0.483 e. The molecule has 3 aromatic carbocycles. The van der Waals surface area contributed by atoms with Gasteiger partial charge in [-0.05, 0) is 46.7 Å². The van der Waals surface area contributed by atoms with Crippen molar-refractivity contribution in [2.75, 3.05) is 6.61 Å². The predicted octanol–water partition coefficient (Wildman–Crippen LogP) is 5.31. The van der Waals surface area contributed by atoms with E-state index in [9.17, 15) is 4.79 Å². The highest BCUT2D eigenvalue weighted by Crippen LogP contribution is 2.27. The van der Waals surface area contributed by atoms with Crippen LogP contribution < -0.4 is 10.2 Å². The van der Waals surface area contributed by atoms with Crippen molar-refractivity contribution in [3.63, 3.8) is 0 Å². The third kappa shape index (κ3) is 5.79. The van der Waals surface area contributed by atoms with Crippen molar-refractivity contribution < 1.29 is 9.53 Å². The first kappa shape index (κ1) is 20.3. The lowest BCUT2D eigenvalue weighted by molar-refractivity contribution is -0.123. The Balaban J connectivity index is 1.53. The predicted molar refractivity (Wildman–Crippen MR) is 118 cm³/mol. The van der Waals surface area contributed by atoms with E-state index < -0.39 is 0 Å². The molecule has 0 saturated heterocycles. The Bertz CT molecular complexity index is 977. The standard InChI is InChI=1S/C25H26N2O2/c1-18(2)23-14-9-19(3)15-24(23)29-17-25(28)27-26-16-20-10-12-22(13-11-20)21-7-5-4-6-8-21/h4-16,18H,17H2,1-3H3,(H,27,28). The van der Waals surface area contributed by atoms with Gasteiger partial charge in [0.15, 0.2) is 6.61 Å². The molecule has 3 rings (SSSR count). The second-order valence-corrected chi connectivity index (χ2v) is 7.27. The van der Waals surface area contributed by atoms with E-state index in [1.165, 1.54) is 5.56 Å². The van der Waals surface area contributed by atoms with Gasteiger partial charge in [-0.3, -0.25) is 4.79 Å². The normalized spacial score (nSPS) is 11.0. The number of ether oxygens (including phenoxy) is 1. The van der Waals surface area contributed by atoms with Crippen LogP contribution in [-0.4, -0.2) is 18.7 Å². The fourth-order valence-electron chi connectivity index (χ4n) is 2.99. The average Bonchev–Trinajstić information content (AvgIpc) is 2.73. The molecule has 0 aliphatic rings. The molecule has 1 N–H and O–H groups in total. The maximum absolute atomic E-state index is 12.1. The molecule has 0 aliphatic carbocycles. The van der Waals surface area contributed by atoms with Crippen molar-refractivity contribution in [1.29, 1.82) is 0 Å². The number of hydrogen-bond acceptors (Lipinski definition) is 3. The van der Waals surface area contributed by atoms with Crippen LogP contribution in [0.1, 0.15) is 36.5 Å². The molecule has 0 radical (unpaired) electrons. The van der Waals surface area contributed by atoms with Gasteiger partial charge < -0.3 is 4.74 Å². The number of hydrogen-bond donors (Lipinski definition) is 1. The third-order valence-corrected chi connectivity index (χ3v) is 4.57. The molecule has 4 heteroatoms. The Hall–Kier alpha value is -3.40. The smallest absolute Gasteiger partial charge is 0.277 e. The number of rotatable bonds is 7. The molecule has 1 amide bonds. The zero-order chi connectivity index (χ0) is 20.6. The van der Waals surface area contributed by atoms with E-state index in [1.54, 1.807) is 6.21 Å². The fraction of sp³-hybridized carbons (Fsp3) is 0.200. The van der Waals surface area contributed by atoms with E-state index in [-0.39, 0.29) is 12.5 Å². The molecule has 0 fully saturated rings. The third-order valence-electron chi connectivity index (χ3n) is 4.57. The summed E-state index contributed by atoms with van der Waals surface area (Å²) in [5.41, 5.74) is 7.92. The van der Waals surface area contributed by atoms with Crippen LogP contribution in [0.2, 0.25) is 0 Å². The highest BCUT2D eigenvalue weighted by molar-refractivity contribution is 5.83. The molecule has 0 unspecified atom stereocenters. The van der Waals surface area contributed by atoms with Gasteiger partial charge in [-0.1, -0.05) is 80.6 Å². The van der Waals surface area contributed by atoms with E-state index in [4.69, 9.17) is 4.74 Å². The van der Waals surface area contributed by atoms with Crippen molar-refractivity contribution in [1.82, 2.24) is 5.43 Å². The quantitative estimate of drug-likeness (QED) is 0.442. The van der Waals surface area contributed by atoms with Gasteiger partial charge in [-0.25, -0.2) is 5.43 Å². The van der Waals surface area contributed by atoms with Crippen LogP contribution in [0.3, 0.4) is 0 Å². The molecule has 0 atom stereocenters. The maximum atomic E-state index is 12.1. The SMILES string of the molecule is Cc1ccc(C(C)C)c(OCC(=O)NN=Cc2ccc(-c3ccccc3)cc2)c1. The highest BCUT2D eigenvalue weighted by Gasteiger charge is 2.10. The molecule has 148 valence electrons. The molecule has 0 aliphatic heterocycles. The van der Waals surface area contributed by atoms with Gasteiger partial charge >= 0.3 is 0 Å². The fourth-order valence-corrected chi connectivity index (χ4v) is 2.99. The molecular weight excluding hydrogens is 360 g/mol. The van der Waals surface area contributed by atoms with E-state index in [1.807, 2.05) is 61.5 Å². The number of hydrazone groups is 1. The van der Waals surface area contributed by atoms with Crippen molar-refractivity contribution >= 4 is 12.1 Å². The zero-order valence-electron chi connectivity index (χ0n) is 17.1. The number of nitrogens with zero attached hydrogens (tertiary/aromatic N) is 1. The summed E-state index contributed by atoms with van der Waals surface area (Å²) < 4.78 is 5.72. The van der Waals surface area contributed by atoms with E-state index in [2.05, 4.69) is 42.6 Å². The highest BCUT2D eigenvalue weighted by atomic mass is 16.5. The molecule has 29 heavy (non-hydrogen) atoms. The minimum atomic E-state index is -0.293. The first-order valence-corrected chi connectivity index (χ1v) is 9.73. The molecule has 3 aromatic rings. The van der Waals surface area contributed by atoms with Crippen molar-refractivity contribution in [2.24, 2.45) is 5.10 Å². The van der Waals surface area contributed by atoms with Crippen molar-refractivity contribution in [2.45, 2.75) is 26.7 Å². The first-order valence-electron chi connectivity index (χ1n) is 9.73. The van der Waals surface area contributed by atoms with Gasteiger partial charge in [-0.15, -0.1) is 0 Å². The molecule has 0 saturated carbocycles. The van der Waals surface area contributed by atoms with Crippen LogP contribution in [0.5, 0.6) is 5.75 Å². The average molecular weight is 386 g/mol. The molecule has 4 nitrogen and oxygen atoms in total. The Morgan fingerprint density at radius 2 is 1.69 bits per heavy atom. The van der Waals surface area contributed by atoms with Gasteiger partial charge in [-0.2, -0.15) is 5.10 Å². The Morgan fingerprint density at radius 3 is 2.38 bits per heavy atom. The lowest BCUT2D eigenvalue weighted by Crippen LogP contribution is -2.25. The van der Waals surface area contributed by atoms with Crippen LogP contribution in [0.4, 0.5) is 0 Å². The second kappa shape index (κ2) is 9.69. The van der Waals surface area contributed by atoms with E-state index in [0.29, 0.717) is 5.92 Å².